The van der Waals surface area contributed by atoms with E-state index in [1.54, 1.807) is 50.4 Å². The van der Waals surface area contributed by atoms with Gasteiger partial charge in [-0.15, -0.1) is 11.8 Å². The monoisotopic (exact) mass is 349 g/mol. The van der Waals surface area contributed by atoms with E-state index < -0.39 is 0 Å². The Balaban J connectivity index is 1.95. The van der Waals surface area contributed by atoms with Crippen LogP contribution in [0.5, 0.6) is 11.5 Å². The molecule has 0 bridgehead atoms. The molecule has 0 aliphatic carbocycles. The number of thioether (sulfide) groups is 1. The molecule has 0 aromatic heterocycles. The fourth-order valence-electron chi connectivity index (χ4n) is 2.06. The molecule has 2 aromatic carbocycles. The third-order valence-corrected chi connectivity index (χ3v) is 4.66. The van der Waals surface area contributed by atoms with Gasteiger partial charge in [-0.2, -0.15) is 0 Å². The molecule has 128 valence electrons. The first-order valence-electron chi connectivity index (χ1n) is 7.43. The molecule has 1 atom stereocenters. The van der Waals surface area contributed by atoms with E-state index >= 15 is 0 Å². The van der Waals surface area contributed by atoms with E-state index in [0.717, 1.165) is 0 Å². The Labute approximate surface area is 145 Å². The smallest absolute Gasteiger partial charge is 0.237 e. The summed E-state index contributed by atoms with van der Waals surface area (Å²) >= 11 is 1.38. The summed E-state index contributed by atoms with van der Waals surface area (Å²) in [5, 5.41) is 2.51. The molecule has 1 N–H and O–H groups in total. The van der Waals surface area contributed by atoms with Gasteiger partial charge >= 0.3 is 0 Å². The van der Waals surface area contributed by atoms with Gasteiger partial charge in [-0.05, 0) is 30.7 Å². The number of carbonyl (C=O) groups is 1. The van der Waals surface area contributed by atoms with Crippen molar-refractivity contribution in [1.29, 1.82) is 0 Å². The lowest BCUT2D eigenvalue weighted by molar-refractivity contribution is -0.115. The maximum absolute atomic E-state index is 13.6. The van der Waals surface area contributed by atoms with Crippen LogP contribution in [-0.2, 0) is 10.5 Å². The zero-order chi connectivity index (χ0) is 17.5. The molecule has 0 radical (unpaired) electrons. The predicted molar refractivity (Wildman–Crippen MR) is 95.3 cm³/mol. The van der Waals surface area contributed by atoms with Crippen molar-refractivity contribution in [1.82, 2.24) is 0 Å². The third-order valence-electron chi connectivity index (χ3n) is 3.47. The number of amides is 1. The van der Waals surface area contributed by atoms with Gasteiger partial charge in [0.25, 0.3) is 0 Å². The van der Waals surface area contributed by atoms with Gasteiger partial charge in [-0.1, -0.05) is 18.2 Å². The summed E-state index contributed by atoms with van der Waals surface area (Å²) in [5.41, 5.74) is 1.21. The zero-order valence-corrected chi connectivity index (χ0v) is 14.7. The Morgan fingerprint density at radius 3 is 2.54 bits per heavy atom. The van der Waals surface area contributed by atoms with Gasteiger partial charge in [0.15, 0.2) is 11.5 Å². The summed E-state index contributed by atoms with van der Waals surface area (Å²) in [4.78, 5) is 12.3. The minimum Gasteiger partial charge on any atom is -0.493 e. The second kappa shape index (κ2) is 8.59. The molecule has 6 heteroatoms. The maximum Gasteiger partial charge on any atom is 0.237 e. The number of hydrogen-bond acceptors (Lipinski definition) is 4. The summed E-state index contributed by atoms with van der Waals surface area (Å²) in [5.74, 6) is 1.17. The minimum atomic E-state index is -0.322. The molecule has 2 aromatic rings. The van der Waals surface area contributed by atoms with Gasteiger partial charge < -0.3 is 14.8 Å². The summed E-state index contributed by atoms with van der Waals surface area (Å²) < 4.78 is 24.0. The Hall–Kier alpha value is -2.21. The second-order valence-corrected chi connectivity index (χ2v) is 6.43. The van der Waals surface area contributed by atoms with Crippen molar-refractivity contribution in [3.8, 4) is 11.5 Å². The number of anilines is 1. The molecule has 0 fully saturated rings. The number of rotatable bonds is 7. The molecular formula is C18H20FNO3S. The van der Waals surface area contributed by atoms with Gasteiger partial charge in [-0.3, -0.25) is 4.79 Å². The van der Waals surface area contributed by atoms with Crippen LogP contribution >= 0.6 is 11.8 Å². The number of hydrogen-bond donors (Lipinski definition) is 1. The molecule has 2 rings (SSSR count). The van der Waals surface area contributed by atoms with Crippen LogP contribution < -0.4 is 14.8 Å². The highest BCUT2D eigenvalue weighted by molar-refractivity contribution is 7.99. The van der Waals surface area contributed by atoms with Crippen LogP contribution in [0.1, 0.15) is 12.5 Å². The highest BCUT2D eigenvalue weighted by atomic mass is 32.2. The predicted octanol–water partition coefficient (Wildman–Crippen LogP) is 4.10. The lowest BCUT2D eigenvalue weighted by atomic mass is 10.2. The van der Waals surface area contributed by atoms with Crippen LogP contribution in [0.2, 0.25) is 0 Å². The average Bonchev–Trinajstić information content (AvgIpc) is 2.60. The van der Waals surface area contributed by atoms with Gasteiger partial charge in [-0.25, -0.2) is 4.39 Å². The fraction of sp³-hybridized carbons (Fsp3) is 0.278. The van der Waals surface area contributed by atoms with Gasteiger partial charge in [0.2, 0.25) is 5.91 Å². The Morgan fingerprint density at radius 2 is 1.88 bits per heavy atom. The topological polar surface area (TPSA) is 47.6 Å². The normalized spacial score (nSPS) is 11.7. The van der Waals surface area contributed by atoms with Gasteiger partial charge in [0, 0.05) is 17.5 Å². The Morgan fingerprint density at radius 1 is 1.17 bits per heavy atom. The zero-order valence-electron chi connectivity index (χ0n) is 13.8. The molecule has 0 saturated carbocycles. The Kier molecular flexibility index (Phi) is 6.49. The summed E-state index contributed by atoms with van der Waals surface area (Å²) in [6.07, 6.45) is 0. The summed E-state index contributed by atoms with van der Waals surface area (Å²) in [6, 6.07) is 11.7. The van der Waals surface area contributed by atoms with Crippen LogP contribution in [0.4, 0.5) is 10.1 Å². The molecular weight excluding hydrogens is 329 g/mol. The van der Waals surface area contributed by atoms with E-state index in [4.69, 9.17) is 9.47 Å². The quantitative estimate of drug-likeness (QED) is 0.817. The van der Waals surface area contributed by atoms with Crippen LogP contribution in [0.3, 0.4) is 0 Å². The largest absolute Gasteiger partial charge is 0.493 e. The molecule has 1 amide bonds. The molecule has 0 spiro atoms. The number of carbonyl (C=O) groups excluding carboxylic acids is 1. The number of benzene rings is 2. The van der Waals surface area contributed by atoms with E-state index in [1.807, 2.05) is 0 Å². The highest BCUT2D eigenvalue weighted by Crippen LogP contribution is 2.30. The van der Waals surface area contributed by atoms with Crippen molar-refractivity contribution in [2.45, 2.75) is 17.9 Å². The van der Waals surface area contributed by atoms with Gasteiger partial charge in [0.05, 0.1) is 19.5 Å². The number of methoxy groups -OCH3 is 2. The number of nitrogens with one attached hydrogen (secondary N) is 1. The van der Waals surface area contributed by atoms with E-state index in [0.29, 0.717) is 28.5 Å². The third kappa shape index (κ3) is 4.64. The molecule has 0 aliphatic heterocycles. The first kappa shape index (κ1) is 18.1. The van der Waals surface area contributed by atoms with E-state index in [-0.39, 0.29) is 17.0 Å². The van der Waals surface area contributed by atoms with Crippen molar-refractivity contribution in [3.63, 3.8) is 0 Å². The molecule has 1 unspecified atom stereocenters. The second-order valence-electron chi connectivity index (χ2n) is 5.10. The number of ether oxygens (including phenoxy) is 2. The standard InChI is InChI=1S/C18H20FNO3S/c1-12(24-11-13-6-4-5-7-15(13)19)18(21)20-14-8-9-16(22-2)17(10-14)23-3/h4-10,12H,11H2,1-3H3,(H,20,21). The van der Waals surface area contributed by atoms with Crippen LogP contribution in [0.15, 0.2) is 42.5 Å². The first-order valence-corrected chi connectivity index (χ1v) is 8.48. The van der Waals surface area contributed by atoms with Crippen molar-refractivity contribution < 1.29 is 18.7 Å². The van der Waals surface area contributed by atoms with Crippen molar-refractivity contribution in [3.05, 3.63) is 53.8 Å². The molecule has 0 aliphatic rings. The number of halogens is 1. The molecule has 0 saturated heterocycles. The first-order chi connectivity index (χ1) is 11.5. The molecule has 0 heterocycles. The molecule has 24 heavy (non-hydrogen) atoms. The van der Waals surface area contributed by atoms with Crippen LogP contribution in [-0.4, -0.2) is 25.4 Å². The van der Waals surface area contributed by atoms with Crippen LogP contribution in [0, 0.1) is 5.82 Å². The molecule has 4 nitrogen and oxygen atoms in total. The van der Waals surface area contributed by atoms with Crippen molar-refractivity contribution >= 4 is 23.4 Å². The van der Waals surface area contributed by atoms with Crippen LogP contribution in [0.25, 0.3) is 0 Å². The van der Waals surface area contributed by atoms with E-state index in [1.165, 1.54) is 24.9 Å². The highest BCUT2D eigenvalue weighted by Gasteiger charge is 2.15. The lowest BCUT2D eigenvalue weighted by Crippen LogP contribution is -2.22. The van der Waals surface area contributed by atoms with Crippen molar-refractivity contribution in [2.75, 3.05) is 19.5 Å². The van der Waals surface area contributed by atoms with Crippen molar-refractivity contribution in [2.24, 2.45) is 0 Å². The maximum atomic E-state index is 13.6. The SMILES string of the molecule is COc1ccc(NC(=O)C(C)SCc2ccccc2F)cc1OC. The van der Waals surface area contributed by atoms with E-state index in [9.17, 15) is 9.18 Å². The lowest BCUT2D eigenvalue weighted by Gasteiger charge is -2.14. The minimum absolute atomic E-state index is 0.149. The Bertz CT molecular complexity index is 708. The summed E-state index contributed by atoms with van der Waals surface area (Å²) in [7, 11) is 3.09. The van der Waals surface area contributed by atoms with Gasteiger partial charge in [0.1, 0.15) is 5.82 Å². The van der Waals surface area contributed by atoms with E-state index in [2.05, 4.69) is 5.32 Å². The fourth-order valence-corrected chi connectivity index (χ4v) is 2.94. The average molecular weight is 349 g/mol. The summed E-state index contributed by atoms with van der Waals surface area (Å²) in [6.45, 7) is 1.79.